The van der Waals surface area contributed by atoms with Crippen LogP contribution in [0, 0.1) is 5.41 Å². The maximum Gasteiger partial charge on any atom is 0.135 e. The van der Waals surface area contributed by atoms with Crippen molar-refractivity contribution in [3.63, 3.8) is 0 Å². The molecular weight excluding hydrogens is 253 g/mol. The van der Waals surface area contributed by atoms with Crippen LogP contribution in [0.2, 0.25) is 0 Å². The Labute approximate surface area is 83.0 Å². The summed E-state index contributed by atoms with van der Waals surface area (Å²) >= 11 is 2.27. The van der Waals surface area contributed by atoms with E-state index in [1.54, 1.807) is 0 Å². The van der Waals surface area contributed by atoms with Crippen LogP contribution in [0.15, 0.2) is 0 Å². The molecule has 0 rings (SSSR count). The fourth-order valence-electron chi connectivity index (χ4n) is 1.38. The number of halogens is 1. The number of hydrogen-bond acceptors (Lipinski definition) is 2. The van der Waals surface area contributed by atoms with Gasteiger partial charge in [-0.2, -0.15) is 0 Å². The molecule has 0 saturated heterocycles. The van der Waals surface area contributed by atoms with E-state index in [-0.39, 0.29) is 9.53 Å². The Hall–Kier alpha value is 0.650. The molecule has 1 unspecified atom stereocenters. The first-order valence-electron chi connectivity index (χ1n) is 4.16. The quantitative estimate of drug-likeness (QED) is 0.474. The van der Waals surface area contributed by atoms with Crippen LogP contribution in [0.25, 0.3) is 0 Å². The lowest BCUT2D eigenvalue weighted by Gasteiger charge is -2.33. The standard InChI is InChI=1S/C8H18INO/c1-4-8(5-2,6-3)7(9)11-10/h7H,4-6,10H2,1-3H3. The number of nitrogens with two attached hydrogens (primary N) is 1. The molecule has 0 aromatic carbocycles. The molecule has 0 amide bonds. The Balaban J connectivity index is 4.26. The highest BCUT2D eigenvalue weighted by molar-refractivity contribution is 14.1. The van der Waals surface area contributed by atoms with Gasteiger partial charge in [-0.15, -0.1) is 0 Å². The van der Waals surface area contributed by atoms with E-state index in [2.05, 4.69) is 43.4 Å². The maximum absolute atomic E-state index is 5.18. The van der Waals surface area contributed by atoms with Crippen molar-refractivity contribution in [1.29, 1.82) is 0 Å². The second-order valence-electron chi connectivity index (χ2n) is 2.88. The molecule has 1 atom stereocenters. The summed E-state index contributed by atoms with van der Waals surface area (Å²) in [6.45, 7) is 6.58. The van der Waals surface area contributed by atoms with Crippen LogP contribution in [0.3, 0.4) is 0 Å². The van der Waals surface area contributed by atoms with Crippen LogP contribution >= 0.6 is 22.6 Å². The van der Waals surface area contributed by atoms with E-state index >= 15 is 0 Å². The average molecular weight is 271 g/mol. The van der Waals surface area contributed by atoms with Crippen LogP contribution < -0.4 is 5.90 Å². The monoisotopic (exact) mass is 271 g/mol. The second-order valence-corrected chi connectivity index (χ2v) is 4.01. The summed E-state index contributed by atoms with van der Waals surface area (Å²) in [5.41, 5.74) is 0.273. The summed E-state index contributed by atoms with van der Waals surface area (Å²) in [5.74, 6) is 5.18. The summed E-state index contributed by atoms with van der Waals surface area (Å²) in [7, 11) is 0. The molecule has 0 radical (unpaired) electrons. The zero-order chi connectivity index (χ0) is 8.91. The molecule has 68 valence electrons. The van der Waals surface area contributed by atoms with Crippen LogP contribution in [-0.2, 0) is 4.84 Å². The number of rotatable bonds is 5. The predicted octanol–water partition coefficient (Wildman–Crippen LogP) is 2.85. The Bertz CT molecular complexity index is 96.0. The Kier molecular flexibility index (Phi) is 5.64. The van der Waals surface area contributed by atoms with E-state index in [1.165, 1.54) is 0 Å². The van der Waals surface area contributed by atoms with E-state index in [9.17, 15) is 0 Å². The Morgan fingerprint density at radius 2 is 1.64 bits per heavy atom. The van der Waals surface area contributed by atoms with Gasteiger partial charge < -0.3 is 0 Å². The van der Waals surface area contributed by atoms with Crippen LogP contribution in [-0.4, -0.2) is 4.11 Å². The minimum Gasteiger partial charge on any atom is -0.290 e. The molecule has 0 fully saturated rings. The molecule has 0 aromatic heterocycles. The molecule has 2 nitrogen and oxygen atoms in total. The summed E-state index contributed by atoms with van der Waals surface area (Å²) in [5, 5.41) is 0. The van der Waals surface area contributed by atoms with Gasteiger partial charge >= 0.3 is 0 Å². The third kappa shape index (κ3) is 2.56. The van der Waals surface area contributed by atoms with Gasteiger partial charge in [0.25, 0.3) is 0 Å². The number of hydrogen-bond donors (Lipinski definition) is 1. The third-order valence-electron chi connectivity index (χ3n) is 2.71. The zero-order valence-corrected chi connectivity index (χ0v) is 9.72. The summed E-state index contributed by atoms with van der Waals surface area (Å²) in [4.78, 5) is 4.88. The molecule has 0 bridgehead atoms. The van der Waals surface area contributed by atoms with E-state index < -0.39 is 0 Å². The first-order chi connectivity index (χ1) is 5.16. The van der Waals surface area contributed by atoms with E-state index in [0.29, 0.717) is 0 Å². The number of alkyl halides is 1. The van der Waals surface area contributed by atoms with Gasteiger partial charge in [-0.1, -0.05) is 20.8 Å². The predicted molar refractivity (Wildman–Crippen MR) is 56.4 cm³/mol. The van der Waals surface area contributed by atoms with Crippen molar-refractivity contribution in [3.8, 4) is 0 Å². The van der Waals surface area contributed by atoms with Gasteiger partial charge in [-0.25, -0.2) is 5.90 Å². The van der Waals surface area contributed by atoms with Crippen molar-refractivity contribution in [3.05, 3.63) is 0 Å². The van der Waals surface area contributed by atoms with Crippen LogP contribution in [0.5, 0.6) is 0 Å². The molecule has 0 aliphatic heterocycles. The van der Waals surface area contributed by atoms with Gasteiger partial charge in [0.15, 0.2) is 0 Å². The molecule has 0 saturated carbocycles. The van der Waals surface area contributed by atoms with Crippen molar-refractivity contribution in [2.75, 3.05) is 0 Å². The highest BCUT2D eigenvalue weighted by atomic mass is 127. The van der Waals surface area contributed by atoms with Crippen LogP contribution in [0.4, 0.5) is 0 Å². The summed E-state index contributed by atoms with van der Waals surface area (Å²) in [6.07, 6.45) is 3.39. The van der Waals surface area contributed by atoms with Gasteiger partial charge in [-0.3, -0.25) is 4.84 Å². The molecule has 0 aromatic rings. The summed E-state index contributed by atoms with van der Waals surface area (Å²) < 4.78 is 0.139. The maximum atomic E-state index is 5.18. The van der Waals surface area contributed by atoms with Crippen molar-refractivity contribution in [2.24, 2.45) is 11.3 Å². The minimum absolute atomic E-state index is 0.139. The first kappa shape index (κ1) is 11.6. The Morgan fingerprint density at radius 3 is 1.73 bits per heavy atom. The SMILES string of the molecule is CCC(CC)(CC)C(I)ON. The lowest BCUT2D eigenvalue weighted by atomic mass is 9.81. The molecular formula is C8H18INO. The van der Waals surface area contributed by atoms with Gasteiger partial charge in [0.1, 0.15) is 4.11 Å². The van der Waals surface area contributed by atoms with Crippen molar-refractivity contribution < 1.29 is 4.84 Å². The van der Waals surface area contributed by atoms with Crippen LogP contribution in [0.1, 0.15) is 40.0 Å². The molecule has 0 aliphatic carbocycles. The van der Waals surface area contributed by atoms with E-state index in [1.807, 2.05) is 0 Å². The van der Waals surface area contributed by atoms with Gasteiger partial charge in [0, 0.05) is 5.41 Å². The molecule has 2 N–H and O–H groups in total. The second kappa shape index (κ2) is 5.32. The zero-order valence-electron chi connectivity index (χ0n) is 7.56. The molecule has 3 heteroatoms. The largest absolute Gasteiger partial charge is 0.290 e. The fraction of sp³-hybridized carbons (Fsp3) is 1.00. The van der Waals surface area contributed by atoms with Crippen molar-refractivity contribution in [2.45, 2.75) is 44.1 Å². The molecule has 11 heavy (non-hydrogen) atoms. The lowest BCUT2D eigenvalue weighted by molar-refractivity contribution is 0.0199. The van der Waals surface area contributed by atoms with Crippen molar-refractivity contribution in [1.82, 2.24) is 0 Å². The normalized spacial score (nSPS) is 15.0. The van der Waals surface area contributed by atoms with E-state index in [0.717, 1.165) is 19.3 Å². The van der Waals surface area contributed by atoms with Gasteiger partial charge in [0.2, 0.25) is 0 Å². The van der Waals surface area contributed by atoms with E-state index in [4.69, 9.17) is 10.7 Å². The molecule has 0 spiro atoms. The first-order valence-corrected chi connectivity index (χ1v) is 5.41. The molecule has 0 heterocycles. The minimum atomic E-state index is 0.139. The molecule has 0 aliphatic rings. The topological polar surface area (TPSA) is 35.2 Å². The summed E-state index contributed by atoms with van der Waals surface area (Å²) in [6, 6.07) is 0. The third-order valence-corrected chi connectivity index (χ3v) is 4.33. The van der Waals surface area contributed by atoms with Gasteiger partial charge in [0.05, 0.1) is 0 Å². The fourth-order valence-corrected chi connectivity index (χ4v) is 2.70. The van der Waals surface area contributed by atoms with Crippen molar-refractivity contribution >= 4 is 22.6 Å². The smallest absolute Gasteiger partial charge is 0.135 e. The highest BCUT2D eigenvalue weighted by Gasteiger charge is 2.32. The Morgan fingerprint density at radius 1 is 1.27 bits per heavy atom. The lowest BCUT2D eigenvalue weighted by Crippen LogP contribution is -2.33. The highest BCUT2D eigenvalue weighted by Crippen LogP contribution is 2.38. The van der Waals surface area contributed by atoms with Gasteiger partial charge in [-0.05, 0) is 41.9 Å². The average Bonchev–Trinajstić information content (AvgIpc) is 2.08.